The van der Waals surface area contributed by atoms with E-state index in [1.54, 1.807) is 0 Å². The molecular formula is C19H31N3O. The molecular weight excluding hydrogens is 286 g/mol. The van der Waals surface area contributed by atoms with Gasteiger partial charge in [-0.25, -0.2) is 0 Å². The molecule has 2 rings (SSSR count). The van der Waals surface area contributed by atoms with Gasteiger partial charge in [0.15, 0.2) is 5.96 Å². The highest BCUT2D eigenvalue weighted by Crippen LogP contribution is 2.28. The van der Waals surface area contributed by atoms with E-state index in [2.05, 4.69) is 53.7 Å². The molecule has 1 atom stereocenters. The molecule has 0 bridgehead atoms. The summed E-state index contributed by atoms with van der Waals surface area (Å²) < 4.78 is 5.64. The maximum absolute atomic E-state index is 5.64. The minimum Gasteiger partial charge on any atom is -0.381 e. The fourth-order valence-electron chi connectivity index (χ4n) is 2.48. The van der Waals surface area contributed by atoms with Crippen molar-refractivity contribution in [1.82, 2.24) is 10.6 Å². The Morgan fingerprint density at radius 3 is 2.87 bits per heavy atom. The monoisotopic (exact) mass is 317 g/mol. The second-order valence-electron chi connectivity index (χ2n) is 6.57. The smallest absolute Gasteiger partial charge is 0.190 e. The van der Waals surface area contributed by atoms with Crippen molar-refractivity contribution >= 4 is 5.96 Å². The average Bonchev–Trinajstić information content (AvgIpc) is 3.37. The van der Waals surface area contributed by atoms with Crippen LogP contribution in [0.2, 0.25) is 0 Å². The highest BCUT2D eigenvalue weighted by atomic mass is 16.5. The summed E-state index contributed by atoms with van der Waals surface area (Å²) >= 11 is 0. The van der Waals surface area contributed by atoms with Crippen molar-refractivity contribution in [3.05, 3.63) is 35.4 Å². The Labute approximate surface area is 140 Å². The standard InChI is InChI=1S/C19H31N3O/c1-15-6-4-7-18(12-15)16(2)13-22-19(20-3)21-10-5-11-23-14-17-8-9-17/h4,6-7,12,16-17H,5,8-11,13-14H2,1-3H3,(H2,20,21,22). The van der Waals surface area contributed by atoms with Crippen molar-refractivity contribution in [2.75, 3.05) is 33.4 Å². The molecule has 4 nitrogen and oxygen atoms in total. The Morgan fingerprint density at radius 1 is 1.35 bits per heavy atom. The summed E-state index contributed by atoms with van der Waals surface area (Å²) in [5.74, 6) is 2.17. The van der Waals surface area contributed by atoms with Crippen molar-refractivity contribution in [2.24, 2.45) is 10.9 Å². The topological polar surface area (TPSA) is 45.7 Å². The molecule has 23 heavy (non-hydrogen) atoms. The van der Waals surface area contributed by atoms with Crippen LogP contribution in [0.5, 0.6) is 0 Å². The van der Waals surface area contributed by atoms with Gasteiger partial charge in [-0.15, -0.1) is 0 Å². The molecule has 0 saturated heterocycles. The Morgan fingerprint density at radius 2 is 2.17 bits per heavy atom. The third-order valence-corrected chi connectivity index (χ3v) is 4.22. The molecule has 2 N–H and O–H groups in total. The summed E-state index contributed by atoms with van der Waals surface area (Å²) in [6.07, 6.45) is 3.72. The van der Waals surface area contributed by atoms with Gasteiger partial charge in [0.2, 0.25) is 0 Å². The van der Waals surface area contributed by atoms with E-state index in [9.17, 15) is 0 Å². The lowest BCUT2D eigenvalue weighted by atomic mass is 9.99. The van der Waals surface area contributed by atoms with Crippen molar-refractivity contribution in [1.29, 1.82) is 0 Å². The zero-order valence-corrected chi connectivity index (χ0v) is 14.8. The third kappa shape index (κ3) is 7.04. The summed E-state index contributed by atoms with van der Waals surface area (Å²) in [6, 6.07) is 8.69. The predicted molar refractivity (Wildman–Crippen MR) is 97.1 cm³/mol. The van der Waals surface area contributed by atoms with E-state index in [0.717, 1.165) is 44.6 Å². The molecule has 0 radical (unpaired) electrons. The predicted octanol–water partition coefficient (Wildman–Crippen LogP) is 3.08. The van der Waals surface area contributed by atoms with E-state index in [1.165, 1.54) is 24.0 Å². The largest absolute Gasteiger partial charge is 0.381 e. The van der Waals surface area contributed by atoms with E-state index >= 15 is 0 Å². The van der Waals surface area contributed by atoms with E-state index < -0.39 is 0 Å². The fraction of sp³-hybridized carbons (Fsp3) is 0.632. The highest BCUT2D eigenvalue weighted by molar-refractivity contribution is 5.79. The first-order chi connectivity index (χ1) is 11.2. The average molecular weight is 317 g/mol. The summed E-state index contributed by atoms with van der Waals surface area (Å²) in [6.45, 7) is 7.92. The number of aryl methyl sites for hydroxylation is 1. The first kappa shape index (κ1) is 17.8. The SMILES string of the molecule is CN=C(NCCCOCC1CC1)NCC(C)c1cccc(C)c1. The Balaban J connectivity index is 1.60. The van der Waals surface area contributed by atoms with Gasteiger partial charge >= 0.3 is 0 Å². The minimum absolute atomic E-state index is 0.454. The van der Waals surface area contributed by atoms with Crippen molar-refractivity contribution in [3.8, 4) is 0 Å². The maximum Gasteiger partial charge on any atom is 0.190 e. The summed E-state index contributed by atoms with van der Waals surface area (Å²) in [5.41, 5.74) is 2.67. The zero-order chi connectivity index (χ0) is 16.5. The molecule has 1 aromatic rings. The molecule has 1 fully saturated rings. The first-order valence-electron chi connectivity index (χ1n) is 8.78. The number of benzene rings is 1. The number of nitrogens with one attached hydrogen (secondary N) is 2. The molecule has 0 amide bonds. The van der Waals surface area contributed by atoms with Crippen LogP contribution in [0.4, 0.5) is 0 Å². The second-order valence-corrected chi connectivity index (χ2v) is 6.57. The van der Waals surface area contributed by atoms with Crippen LogP contribution in [-0.4, -0.2) is 39.3 Å². The van der Waals surface area contributed by atoms with Gasteiger partial charge < -0.3 is 15.4 Å². The number of nitrogens with zero attached hydrogens (tertiary/aromatic N) is 1. The lowest BCUT2D eigenvalue weighted by molar-refractivity contribution is 0.123. The molecule has 0 aliphatic heterocycles. The molecule has 128 valence electrons. The van der Waals surface area contributed by atoms with Gasteiger partial charge in [0, 0.05) is 33.4 Å². The Kier molecular flexibility index (Phi) is 7.40. The normalized spacial score (nSPS) is 16.2. The number of rotatable bonds is 9. The number of ether oxygens (including phenoxy) is 1. The molecule has 1 aromatic carbocycles. The van der Waals surface area contributed by atoms with Crippen LogP contribution in [0.1, 0.15) is 43.2 Å². The van der Waals surface area contributed by atoms with Gasteiger partial charge in [-0.2, -0.15) is 0 Å². The molecule has 1 saturated carbocycles. The quantitative estimate of drug-likeness (QED) is 0.418. The lowest BCUT2D eigenvalue weighted by Gasteiger charge is -2.17. The van der Waals surface area contributed by atoms with Crippen LogP contribution in [0.15, 0.2) is 29.3 Å². The summed E-state index contributed by atoms with van der Waals surface area (Å²) in [7, 11) is 1.82. The van der Waals surface area contributed by atoms with Crippen LogP contribution < -0.4 is 10.6 Å². The molecule has 1 aliphatic carbocycles. The second kappa shape index (κ2) is 9.56. The summed E-state index contributed by atoms with van der Waals surface area (Å²) in [4.78, 5) is 4.28. The van der Waals surface area contributed by atoms with Crippen LogP contribution >= 0.6 is 0 Å². The van der Waals surface area contributed by atoms with Gasteiger partial charge in [-0.3, -0.25) is 4.99 Å². The molecule has 1 aliphatic rings. The Bertz CT molecular complexity index is 497. The lowest BCUT2D eigenvalue weighted by Crippen LogP contribution is -2.39. The first-order valence-corrected chi connectivity index (χ1v) is 8.78. The molecule has 1 unspecified atom stereocenters. The third-order valence-electron chi connectivity index (χ3n) is 4.22. The Hall–Kier alpha value is -1.55. The molecule has 0 heterocycles. The van der Waals surface area contributed by atoms with Crippen molar-refractivity contribution in [2.45, 2.75) is 39.0 Å². The van der Waals surface area contributed by atoms with Crippen LogP contribution in [0.25, 0.3) is 0 Å². The van der Waals surface area contributed by atoms with Gasteiger partial charge in [0.25, 0.3) is 0 Å². The van der Waals surface area contributed by atoms with E-state index in [4.69, 9.17) is 4.74 Å². The maximum atomic E-state index is 5.64. The van der Waals surface area contributed by atoms with Crippen molar-refractivity contribution in [3.63, 3.8) is 0 Å². The number of guanidine groups is 1. The number of hydrogen-bond donors (Lipinski definition) is 2. The molecule has 4 heteroatoms. The highest BCUT2D eigenvalue weighted by Gasteiger charge is 2.20. The zero-order valence-electron chi connectivity index (χ0n) is 14.8. The van der Waals surface area contributed by atoms with Gasteiger partial charge in [0.05, 0.1) is 0 Å². The number of hydrogen-bond acceptors (Lipinski definition) is 2. The summed E-state index contributed by atoms with van der Waals surface area (Å²) in [5, 5.41) is 6.75. The number of aliphatic imine (C=N–C) groups is 1. The fourth-order valence-corrected chi connectivity index (χ4v) is 2.48. The van der Waals surface area contributed by atoms with E-state index in [-0.39, 0.29) is 0 Å². The van der Waals surface area contributed by atoms with Gasteiger partial charge in [-0.1, -0.05) is 36.8 Å². The van der Waals surface area contributed by atoms with Crippen molar-refractivity contribution < 1.29 is 4.74 Å². The van der Waals surface area contributed by atoms with E-state index in [1.807, 2.05) is 7.05 Å². The molecule has 0 spiro atoms. The van der Waals surface area contributed by atoms with Gasteiger partial charge in [0.1, 0.15) is 0 Å². The van der Waals surface area contributed by atoms with E-state index in [0.29, 0.717) is 5.92 Å². The van der Waals surface area contributed by atoms with Gasteiger partial charge in [-0.05, 0) is 43.6 Å². The minimum atomic E-state index is 0.454. The van der Waals surface area contributed by atoms with Crippen LogP contribution in [0.3, 0.4) is 0 Å². The van der Waals surface area contributed by atoms with Crippen LogP contribution in [0, 0.1) is 12.8 Å². The molecule has 0 aromatic heterocycles. The van der Waals surface area contributed by atoms with Crippen LogP contribution in [-0.2, 0) is 4.74 Å².